The van der Waals surface area contributed by atoms with E-state index in [1.54, 1.807) is 6.33 Å². The number of carbonyl (C=O) groups excluding carboxylic acids is 2. The molecule has 1 aromatic rings. The second-order valence-corrected chi connectivity index (χ2v) is 8.46. The lowest BCUT2D eigenvalue weighted by Gasteiger charge is -2.51. The van der Waals surface area contributed by atoms with Gasteiger partial charge < -0.3 is 19.5 Å². The number of likely N-dealkylation sites (tertiary alicyclic amines) is 1. The summed E-state index contributed by atoms with van der Waals surface area (Å²) < 4.78 is 5.70. The number of ether oxygens (including phenoxy) is 1. The summed E-state index contributed by atoms with van der Waals surface area (Å²) in [6.45, 7) is 2.78. The van der Waals surface area contributed by atoms with E-state index >= 15 is 0 Å². The third-order valence-electron chi connectivity index (χ3n) is 6.81. The number of piperidine rings is 1. The van der Waals surface area contributed by atoms with Gasteiger partial charge in [-0.3, -0.25) is 9.59 Å². The Morgan fingerprint density at radius 1 is 1.11 bits per heavy atom. The van der Waals surface area contributed by atoms with Crippen LogP contribution in [0, 0.1) is 5.92 Å². The number of rotatable bonds is 2. The van der Waals surface area contributed by atoms with Crippen LogP contribution in [0.25, 0.3) is 0 Å². The first kappa shape index (κ1) is 17.2. The molecule has 27 heavy (non-hydrogen) atoms. The molecule has 1 atom stereocenters. The predicted octanol–water partition coefficient (Wildman–Crippen LogP) is 1.59. The van der Waals surface area contributed by atoms with Crippen molar-refractivity contribution in [1.82, 2.24) is 19.8 Å². The van der Waals surface area contributed by atoms with Crippen molar-refractivity contribution >= 4 is 11.8 Å². The smallest absolute Gasteiger partial charge is 0.251 e. The van der Waals surface area contributed by atoms with Gasteiger partial charge in [0, 0.05) is 44.3 Å². The summed E-state index contributed by atoms with van der Waals surface area (Å²) in [6.07, 6.45) is 8.83. The SMILES string of the molecule is O=C(C1CCCCO1)N1CCC2(CC1)c1nc[nH]c1CCN2C(=O)C1CC1. The van der Waals surface area contributed by atoms with Gasteiger partial charge >= 0.3 is 0 Å². The summed E-state index contributed by atoms with van der Waals surface area (Å²) in [4.78, 5) is 37.8. The predicted molar refractivity (Wildman–Crippen MR) is 97.8 cm³/mol. The number of hydrogen-bond acceptors (Lipinski definition) is 4. The van der Waals surface area contributed by atoms with Gasteiger partial charge in [-0.15, -0.1) is 0 Å². The van der Waals surface area contributed by atoms with Crippen molar-refractivity contribution < 1.29 is 14.3 Å². The maximum absolute atomic E-state index is 13.0. The summed E-state index contributed by atoms with van der Waals surface area (Å²) in [5.41, 5.74) is 1.84. The Hall–Kier alpha value is -1.89. The van der Waals surface area contributed by atoms with Crippen LogP contribution in [0.2, 0.25) is 0 Å². The van der Waals surface area contributed by atoms with Gasteiger partial charge in [0.2, 0.25) is 5.91 Å². The fraction of sp³-hybridized carbons (Fsp3) is 0.750. The van der Waals surface area contributed by atoms with Gasteiger partial charge in [-0.05, 0) is 44.9 Å². The van der Waals surface area contributed by atoms with Crippen molar-refractivity contribution in [3.05, 3.63) is 17.7 Å². The van der Waals surface area contributed by atoms with Gasteiger partial charge in [-0.1, -0.05) is 0 Å². The summed E-state index contributed by atoms with van der Waals surface area (Å²) in [6, 6.07) is 0. The highest BCUT2D eigenvalue weighted by atomic mass is 16.5. The molecular weight excluding hydrogens is 344 g/mol. The molecule has 7 heteroatoms. The Kier molecular flexibility index (Phi) is 4.22. The van der Waals surface area contributed by atoms with Crippen LogP contribution < -0.4 is 0 Å². The van der Waals surface area contributed by atoms with E-state index in [9.17, 15) is 9.59 Å². The molecule has 4 heterocycles. The van der Waals surface area contributed by atoms with E-state index in [2.05, 4.69) is 14.9 Å². The maximum atomic E-state index is 13.0. The summed E-state index contributed by atoms with van der Waals surface area (Å²) >= 11 is 0. The second-order valence-electron chi connectivity index (χ2n) is 8.46. The zero-order valence-corrected chi connectivity index (χ0v) is 15.8. The van der Waals surface area contributed by atoms with Crippen molar-refractivity contribution in [1.29, 1.82) is 0 Å². The third kappa shape index (κ3) is 2.87. The highest BCUT2D eigenvalue weighted by Gasteiger charge is 2.51. The lowest BCUT2D eigenvalue weighted by atomic mass is 9.78. The van der Waals surface area contributed by atoms with E-state index in [-0.39, 0.29) is 23.5 Å². The number of imidazole rings is 1. The highest BCUT2D eigenvalue weighted by Crippen LogP contribution is 2.45. The van der Waals surface area contributed by atoms with Crippen LogP contribution in [0.15, 0.2) is 6.33 Å². The average Bonchev–Trinajstić information content (AvgIpc) is 3.45. The molecule has 3 aliphatic heterocycles. The molecule has 5 rings (SSSR count). The molecule has 0 radical (unpaired) electrons. The normalized spacial score (nSPS) is 27.5. The van der Waals surface area contributed by atoms with E-state index in [0.717, 1.165) is 69.3 Å². The van der Waals surface area contributed by atoms with Crippen molar-refractivity contribution in [3.8, 4) is 0 Å². The summed E-state index contributed by atoms with van der Waals surface area (Å²) in [5.74, 6) is 0.624. The molecule has 7 nitrogen and oxygen atoms in total. The molecule has 1 spiro atoms. The van der Waals surface area contributed by atoms with E-state index in [1.807, 2.05) is 4.90 Å². The molecule has 146 valence electrons. The largest absolute Gasteiger partial charge is 0.368 e. The third-order valence-corrected chi connectivity index (χ3v) is 6.81. The Morgan fingerprint density at radius 2 is 1.93 bits per heavy atom. The number of nitrogens with one attached hydrogen (secondary N) is 1. The number of amides is 2. The van der Waals surface area contributed by atoms with Gasteiger partial charge in [-0.25, -0.2) is 4.98 Å². The minimum Gasteiger partial charge on any atom is -0.368 e. The van der Waals surface area contributed by atoms with Gasteiger partial charge in [0.1, 0.15) is 6.10 Å². The lowest BCUT2D eigenvalue weighted by molar-refractivity contribution is -0.152. The first-order chi connectivity index (χ1) is 13.2. The molecule has 0 aromatic carbocycles. The number of hydrogen-bond donors (Lipinski definition) is 1. The van der Waals surface area contributed by atoms with Crippen LogP contribution in [-0.2, 0) is 26.3 Å². The van der Waals surface area contributed by atoms with E-state index in [1.165, 1.54) is 0 Å². The van der Waals surface area contributed by atoms with Crippen molar-refractivity contribution in [2.24, 2.45) is 5.92 Å². The van der Waals surface area contributed by atoms with Crippen LogP contribution in [0.4, 0.5) is 0 Å². The van der Waals surface area contributed by atoms with E-state index < -0.39 is 0 Å². The van der Waals surface area contributed by atoms with Crippen molar-refractivity contribution in [3.63, 3.8) is 0 Å². The Balaban J connectivity index is 1.36. The van der Waals surface area contributed by atoms with Gasteiger partial charge in [0.25, 0.3) is 5.91 Å². The first-order valence-electron chi connectivity index (χ1n) is 10.4. The fourth-order valence-corrected chi connectivity index (χ4v) is 5.09. The number of H-pyrrole nitrogens is 1. The van der Waals surface area contributed by atoms with Crippen molar-refractivity contribution in [2.75, 3.05) is 26.2 Å². The topological polar surface area (TPSA) is 78.5 Å². The zero-order valence-electron chi connectivity index (χ0n) is 15.8. The number of aromatic nitrogens is 2. The Bertz CT molecular complexity index is 727. The van der Waals surface area contributed by atoms with Gasteiger partial charge in [-0.2, -0.15) is 0 Å². The van der Waals surface area contributed by atoms with Crippen LogP contribution in [-0.4, -0.2) is 63.9 Å². The molecule has 1 N–H and O–H groups in total. The van der Waals surface area contributed by atoms with E-state index in [4.69, 9.17) is 4.74 Å². The maximum Gasteiger partial charge on any atom is 0.251 e. The number of fused-ring (bicyclic) bond motifs is 2. The monoisotopic (exact) mass is 372 g/mol. The lowest BCUT2D eigenvalue weighted by Crippen LogP contribution is -2.60. The molecule has 2 amide bonds. The van der Waals surface area contributed by atoms with Crippen LogP contribution in [0.3, 0.4) is 0 Å². The van der Waals surface area contributed by atoms with E-state index in [0.29, 0.717) is 25.6 Å². The molecule has 1 aromatic heterocycles. The average molecular weight is 372 g/mol. The standard InChI is InChI=1S/C20H28N4O3/c25-18(14-4-5-14)24-9-6-15-17(22-13-21-15)20(24)7-10-23(11-8-20)19(26)16-3-1-2-12-27-16/h13-14,16H,1-12H2,(H,21,22). The molecule has 1 aliphatic carbocycles. The van der Waals surface area contributed by atoms with Crippen LogP contribution in [0.1, 0.15) is 56.3 Å². The fourth-order valence-electron chi connectivity index (χ4n) is 5.09. The first-order valence-corrected chi connectivity index (χ1v) is 10.4. The molecular formula is C20H28N4O3. The molecule has 3 fully saturated rings. The van der Waals surface area contributed by atoms with Gasteiger partial charge in [0.05, 0.1) is 17.6 Å². The summed E-state index contributed by atoms with van der Waals surface area (Å²) in [7, 11) is 0. The molecule has 2 saturated heterocycles. The number of carbonyl (C=O) groups is 2. The van der Waals surface area contributed by atoms with Crippen LogP contribution in [0.5, 0.6) is 0 Å². The van der Waals surface area contributed by atoms with Gasteiger partial charge in [0.15, 0.2) is 0 Å². The quantitative estimate of drug-likeness (QED) is 0.855. The minimum atomic E-state index is -0.350. The molecule has 4 aliphatic rings. The summed E-state index contributed by atoms with van der Waals surface area (Å²) in [5, 5.41) is 0. The minimum absolute atomic E-state index is 0.127. The molecule has 1 saturated carbocycles. The Labute approximate surface area is 159 Å². The Morgan fingerprint density at radius 3 is 2.63 bits per heavy atom. The van der Waals surface area contributed by atoms with Crippen molar-refractivity contribution in [2.45, 2.75) is 63.0 Å². The highest BCUT2D eigenvalue weighted by molar-refractivity contribution is 5.83. The second kappa shape index (κ2) is 6.62. The molecule has 1 unspecified atom stereocenters. The molecule has 0 bridgehead atoms. The zero-order chi connectivity index (χ0) is 18.4. The van der Waals surface area contributed by atoms with Crippen LogP contribution >= 0.6 is 0 Å². The number of aromatic amines is 1. The number of nitrogens with zero attached hydrogens (tertiary/aromatic N) is 3.